The van der Waals surface area contributed by atoms with E-state index in [9.17, 15) is 0 Å². The lowest BCUT2D eigenvalue weighted by atomic mass is 9.51. The number of rotatable bonds is 4. The molecule has 3 fully saturated rings. The Hall–Kier alpha value is -1.68. The van der Waals surface area contributed by atoms with Crippen LogP contribution in [0.2, 0.25) is 0 Å². The second-order valence-electron chi connectivity index (χ2n) is 11.3. The highest BCUT2D eigenvalue weighted by Crippen LogP contribution is 2.65. The zero-order chi connectivity index (χ0) is 22.3. The molecule has 1 aromatic rings. The summed E-state index contributed by atoms with van der Waals surface area (Å²) in [5.41, 5.74) is 7.17. The summed E-state index contributed by atoms with van der Waals surface area (Å²) in [5.74, 6) is 10.7. The van der Waals surface area contributed by atoms with E-state index in [2.05, 4.69) is 61.8 Å². The Morgan fingerprint density at radius 2 is 1.75 bits per heavy atom. The summed E-state index contributed by atoms with van der Waals surface area (Å²) < 4.78 is 0. The molecule has 0 spiro atoms. The molecule has 0 bridgehead atoms. The molecule has 0 N–H and O–H groups in total. The smallest absolute Gasteiger partial charge is 0.0366 e. The molecule has 4 aliphatic carbocycles. The topological polar surface area (TPSA) is 3.24 Å². The maximum atomic E-state index is 3.67. The molecule has 0 saturated heterocycles. The molecule has 6 atom stereocenters. The molecule has 5 rings (SSSR count). The molecule has 1 unspecified atom stereocenters. The molecule has 0 heterocycles. The lowest BCUT2D eigenvalue weighted by molar-refractivity contribution is 0.0752. The summed E-state index contributed by atoms with van der Waals surface area (Å²) in [4.78, 5) is 2.47. The Bertz CT molecular complexity index is 908. The van der Waals surface area contributed by atoms with Crippen LogP contribution in [-0.4, -0.2) is 13.1 Å². The molecule has 4 aliphatic rings. The van der Waals surface area contributed by atoms with E-state index in [1.807, 2.05) is 18.1 Å². The predicted molar refractivity (Wildman–Crippen MR) is 137 cm³/mol. The minimum Gasteiger partial charge on any atom is -0.372 e. The number of allylic oxidation sites excluding steroid dienone is 2. The number of nitrogens with zero attached hydrogens (tertiary/aromatic N) is 1. The van der Waals surface area contributed by atoms with Crippen LogP contribution in [0.4, 0.5) is 5.69 Å². The van der Waals surface area contributed by atoms with Gasteiger partial charge in [-0.2, -0.15) is 0 Å². The van der Waals surface area contributed by atoms with E-state index >= 15 is 0 Å². The second-order valence-corrected chi connectivity index (χ2v) is 11.3. The van der Waals surface area contributed by atoms with E-state index in [1.165, 1.54) is 63.5 Å². The Morgan fingerprint density at radius 3 is 2.47 bits per heavy atom. The van der Waals surface area contributed by atoms with E-state index in [-0.39, 0.29) is 0 Å². The van der Waals surface area contributed by atoms with Crippen molar-refractivity contribution in [2.24, 2.45) is 29.1 Å². The van der Waals surface area contributed by atoms with E-state index in [1.54, 1.807) is 5.56 Å². The highest BCUT2D eigenvalue weighted by atomic mass is 15.1. The summed E-state index contributed by atoms with van der Waals surface area (Å²) >= 11 is 0. The maximum absolute atomic E-state index is 3.67. The van der Waals surface area contributed by atoms with Gasteiger partial charge in [-0.05, 0) is 113 Å². The predicted octanol–water partition coefficient (Wildman–Crippen LogP) is 7.97. The maximum Gasteiger partial charge on any atom is 0.0366 e. The Labute approximate surface area is 197 Å². The average Bonchev–Trinajstić information content (AvgIpc) is 3.16. The van der Waals surface area contributed by atoms with Gasteiger partial charge >= 0.3 is 0 Å². The van der Waals surface area contributed by atoms with Gasteiger partial charge in [-0.3, -0.25) is 0 Å². The van der Waals surface area contributed by atoms with Crippen molar-refractivity contribution in [3.8, 4) is 11.8 Å². The molecule has 1 heteroatoms. The fraction of sp³-hybridized carbons (Fsp3) is 0.677. The first-order chi connectivity index (χ1) is 15.6. The molecule has 0 aliphatic heterocycles. The molecule has 1 aromatic carbocycles. The zero-order valence-corrected chi connectivity index (χ0v) is 20.9. The zero-order valence-electron chi connectivity index (χ0n) is 20.9. The first kappa shape index (κ1) is 22.1. The summed E-state index contributed by atoms with van der Waals surface area (Å²) in [5, 5.41) is 0. The van der Waals surface area contributed by atoms with Gasteiger partial charge in [0, 0.05) is 30.6 Å². The van der Waals surface area contributed by atoms with Gasteiger partial charge in [-0.15, -0.1) is 5.92 Å². The van der Waals surface area contributed by atoms with Crippen LogP contribution in [-0.2, 0) is 0 Å². The minimum absolute atomic E-state index is 0.376. The minimum atomic E-state index is 0.376. The first-order valence-electron chi connectivity index (χ1n) is 13.6. The molecule has 0 radical (unpaired) electrons. The standard InChI is InChI=1S/C31H43N/c1-5-10-24-16-20-29-27-19-15-22-11-8-9-12-26(22)30(27)28(21-31(24,29)4)23-13-17-25(18-14-23)32(6-2)7-3/h13-14,17-18,22,24,27-29H,6-9,11-12,15-16,19-21H2,1-4H3/t22?,24-,27+,28-,29+,31-/m1/s1. The van der Waals surface area contributed by atoms with E-state index in [4.69, 9.17) is 0 Å². The van der Waals surface area contributed by atoms with Crippen LogP contribution in [0.1, 0.15) is 97.0 Å². The van der Waals surface area contributed by atoms with Gasteiger partial charge in [0.25, 0.3) is 0 Å². The molecule has 32 heavy (non-hydrogen) atoms. The third kappa shape index (κ3) is 3.54. The van der Waals surface area contributed by atoms with Crippen molar-refractivity contribution in [3.63, 3.8) is 0 Å². The molecular formula is C31H43N. The van der Waals surface area contributed by atoms with Crippen LogP contribution in [0.3, 0.4) is 0 Å². The van der Waals surface area contributed by atoms with E-state index in [0.29, 0.717) is 17.3 Å². The van der Waals surface area contributed by atoms with Gasteiger partial charge in [-0.25, -0.2) is 0 Å². The summed E-state index contributed by atoms with van der Waals surface area (Å²) in [7, 11) is 0. The number of hydrogen-bond donors (Lipinski definition) is 0. The number of benzene rings is 1. The fourth-order valence-corrected chi connectivity index (χ4v) is 8.44. The first-order valence-corrected chi connectivity index (χ1v) is 13.6. The van der Waals surface area contributed by atoms with Crippen LogP contribution in [0.15, 0.2) is 35.4 Å². The lowest BCUT2D eigenvalue weighted by Gasteiger charge is -2.53. The van der Waals surface area contributed by atoms with Crippen LogP contribution in [0.5, 0.6) is 0 Å². The van der Waals surface area contributed by atoms with Gasteiger partial charge in [0.05, 0.1) is 0 Å². The SMILES string of the molecule is CC#C[C@@H]1CC[C@H]2[C@@H]3CCC4CCCCC4=C3[C@@H](c3ccc(N(CC)CC)cc3)C[C@]12C. The Kier molecular flexibility index (Phi) is 6.17. The van der Waals surface area contributed by atoms with Gasteiger partial charge in [0.15, 0.2) is 0 Å². The number of anilines is 1. The normalized spacial score (nSPS) is 35.9. The van der Waals surface area contributed by atoms with Crippen LogP contribution in [0, 0.1) is 40.9 Å². The van der Waals surface area contributed by atoms with Crippen molar-refractivity contribution in [3.05, 3.63) is 41.0 Å². The molecule has 0 amide bonds. The fourth-order valence-electron chi connectivity index (χ4n) is 8.44. The van der Waals surface area contributed by atoms with E-state index < -0.39 is 0 Å². The van der Waals surface area contributed by atoms with Crippen LogP contribution < -0.4 is 4.90 Å². The van der Waals surface area contributed by atoms with Crippen LogP contribution in [0.25, 0.3) is 0 Å². The average molecular weight is 430 g/mol. The highest BCUT2D eigenvalue weighted by Gasteiger charge is 2.56. The summed E-state index contributed by atoms with van der Waals surface area (Å²) in [6, 6.07) is 9.76. The Morgan fingerprint density at radius 1 is 0.969 bits per heavy atom. The van der Waals surface area contributed by atoms with Gasteiger partial charge in [0.2, 0.25) is 0 Å². The highest BCUT2D eigenvalue weighted by molar-refractivity contribution is 5.50. The second kappa shape index (κ2) is 8.93. The molecular weight excluding hydrogens is 386 g/mol. The molecule has 0 aromatic heterocycles. The van der Waals surface area contributed by atoms with E-state index in [0.717, 1.165) is 30.8 Å². The lowest BCUT2D eigenvalue weighted by Crippen LogP contribution is -2.43. The third-order valence-electron chi connectivity index (χ3n) is 10.00. The molecule has 1 nitrogen and oxygen atoms in total. The third-order valence-corrected chi connectivity index (χ3v) is 10.00. The monoisotopic (exact) mass is 429 g/mol. The van der Waals surface area contributed by atoms with Gasteiger partial charge < -0.3 is 4.90 Å². The quantitative estimate of drug-likeness (QED) is 0.346. The van der Waals surface area contributed by atoms with Crippen molar-refractivity contribution < 1.29 is 0 Å². The largest absolute Gasteiger partial charge is 0.372 e. The van der Waals surface area contributed by atoms with Gasteiger partial charge in [0.1, 0.15) is 0 Å². The number of fused-ring (bicyclic) bond motifs is 4. The Balaban J connectivity index is 1.58. The van der Waals surface area contributed by atoms with Crippen molar-refractivity contribution >= 4 is 5.69 Å². The van der Waals surface area contributed by atoms with Gasteiger partial charge in [-0.1, -0.05) is 42.5 Å². The van der Waals surface area contributed by atoms with Crippen molar-refractivity contribution in [1.29, 1.82) is 0 Å². The van der Waals surface area contributed by atoms with Crippen LogP contribution >= 0.6 is 0 Å². The molecule has 172 valence electrons. The van der Waals surface area contributed by atoms with Crippen molar-refractivity contribution in [2.45, 2.75) is 91.4 Å². The summed E-state index contributed by atoms with van der Waals surface area (Å²) in [6.45, 7) is 11.3. The molecule has 3 saturated carbocycles. The van der Waals surface area contributed by atoms with Crippen molar-refractivity contribution in [1.82, 2.24) is 0 Å². The summed E-state index contributed by atoms with van der Waals surface area (Å²) in [6.07, 6.45) is 12.6. The number of hydrogen-bond acceptors (Lipinski definition) is 1. The van der Waals surface area contributed by atoms with Crippen molar-refractivity contribution in [2.75, 3.05) is 18.0 Å².